The molecule has 0 spiro atoms. The number of aryl methyl sites for hydroxylation is 2. The van der Waals surface area contributed by atoms with Crippen molar-refractivity contribution in [1.82, 2.24) is 10.2 Å². The smallest absolute Gasteiger partial charge is 0.251 e. The molecular formula is C26H34N2O. The molecule has 2 aromatic carbocycles. The second-order valence-electron chi connectivity index (χ2n) is 9.11. The van der Waals surface area contributed by atoms with E-state index < -0.39 is 0 Å². The van der Waals surface area contributed by atoms with E-state index in [0.717, 1.165) is 18.0 Å². The zero-order chi connectivity index (χ0) is 20.2. The summed E-state index contributed by atoms with van der Waals surface area (Å²) in [6.45, 7) is 7.76. The Labute approximate surface area is 175 Å². The largest absolute Gasteiger partial charge is 0.346 e. The van der Waals surface area contributed by atoms with Crippen molar-refractivity contribution in [2.45, 2.75) is 65.0 Å². The number of hydrogen-bond donors (Lipinski definition) is 1. The van der Waals surface area contributed by atoms with Crippen LogP contribution < -0.4 is 5.32 Å². The average Bonchev–Trinajstić information content (AvgIpc) is 2.74. The van der Waals surface area contributed by atoms with Crippen molar-refractivity contribution in [2.75, 3.05) is 13.1 Å². The summed E-state index contributed by atoms with van der Waals surface area (Å²) >= 11 is 0. The number of hydrogen-bond acceptors (Lipinski definition) is 2. The Morgan fingerprint density at radius 1 is 1.07 bits per heavy atom. The third-order valence-corrected chi connectivity index (χ3v) is 6.58. The van der Waals surface area contributed by atoms with Gasteiger partial charge in [-0.25, -0.2) is 0 Å². The number of benzene rings is 2. The van der Waals surface area contributed by atoms with Gasteiger partial charge in [0.05, 0.1) is 6.04 Å². The Hall–Kier alpha value is -2.13. The number of carbonyl (C=O) groups excluding carboxylic acids is 1. The van der Waals surface area contributed by atoms with Gasteiger partial charge in [0.2, 0.25) is 0 Å². The van der Waals surface area contributed by atoms with Crippen molar-refractivity contribution in [3.63, 3.8) is 0 Å². The molecule has 3 heteroatoms. The fourth-order valence-corrected chi connectivity index (χ4v) is 4.84. The highest BCUT2D eigenvalue weighted by Gasteiger charge is 2.17. The Morgan fingerprint density at radius 2 is 1.83 bits per heavy atom. The highest BCUT2D eigenvalue weighted by molar-refractivity contribution is 5.94. The summed E-state index contributed by atoms with van der Waals surface area (Å²) in [4.78, 5) is 15.3. The number of rotatable bonds is 5. The molecular weight excluding hydrogens is 356 g/mol. The standard InChI is InChI=1S/C26H34N2O/c1-19-6-5-15-28(17-19)18-21-9-11-23(12-10-21)26(29)27-20(2)24-14-13-22-7-3-4-8-25(22)16-24/h9-14,16,19-20H,3-8,15,17-18H2,1-2H3,(H,27,29)/t19-,20-/m0/s1. The highest BCUT2D eigenvalue weighted by atomic mass is 16.1. The summed E-state index contributed by atoms with van der Waals surface area (Å²) in [5.41, 5.74) is 6.18. The fourth-order valence-electron chi connectivity index (χ4n) is 4.84. The predicted octanol–water partition coefficient (Wildman–Crippen LogP) is 5.29. The molecule has 1 aliphatic heterocycles. The van der Waals surface area contributed by atoms with Crippen LogP contribution in [-0.4, -0.2) is 23.9 Å². The van der Waals surface area contributed by atoms with E-state index in [1.807, 2.05) is 12.1 Å². The van der Waals surface area contributed by atoms with Gasteiger partial charge in [0.1, 0.15) is 0 Å². The highest BCUT2D eigenvalue weighted by Crippen LogP contribution is 2.25. The number of carbonyl (C=O) groups is 1. The molecule has 2 aliphatic rings. The zero-order valence-corrected chi connectivity index (χ0v) is 17.9. The van der Waals surface area contributed by atoms with Crippen molar-refractivity contribution in [1.29, 1.82) is 0 Å². The van der Waals surface area contributed by atoms with Gasteiger partial charge in [-0.15, -0.1) is 0 Å². The van der Waals surface area contributed by atoms with Crippen LogP contribution in [0, 0.1) is 5.92 Å². The van der Waals surface area contributed by atoms with Gasteiger partial charge in [-0.05, 0) is 92.3 Å². The lowest BCUT2D eigenvalue weighted by atomic mass is 9.89. The Kier molecular flexibility index (Phi) is 6.34. The van der Waals surface area contributed by atoms with E-state index in [1.54, 1.807) is 0 Å². The molecule has 4 rings (SSSR count). The van der Waals surface area contributed by atoms with Crippen molar-refractivity contribution in [3.05, 3.63) is 70.3 Å². The molecule has 2 atom stereocenters. The molecule has 154 valence electrons. The van der Waals surface area contributed by atoms with Gasteiger partial charge >= 0.3 is 0 Å². The summed E-state index contributed by atoms with van der Waals surface area (Å²) in [7, 11) is 0. The van der Waals surface area contributed by atoms with Crippen LogP contribution in [-0.2, 0) is 19.4 Å². The Bertz CT molecular complexity index is 842. The quantitative estimate of drug-likeness (QED) is 0.752. The number of likely N-dealkylation sites (tertiary alicyclic amines) is 1. The molecule has 1 amide bonds. The lowest BCUT2D eigenvalue weighted by molar-refractivity contribution is 0.0940. The maximum atomic E-state index is 12.7. The van der Waals surface area contributed by atoms with E-state index in [2.05, 4.69) is 54.4 Å². The monoisotopic (exact) mass is 390 g/mol. The number of nitrogens with one attached hydrogen (secondary N) is 1. The van der Waals surface area contributed by atoms with Crippen LogP contribution in [0.4, 0.5) is 0 Å². The Morgan fingerprint density at radius 3 is 2.59 bits per heavy atom. The maximum absolute atomic E-state index is 12.7. The van der Waals surface area contributed by atoms with Crippen molar-refractivity contribution < 1.29 is 4.79 Å². The number of amides is 1. The van der Waals surface area contributed by atoms with Gasteiger partial charge in [0.25, 0.3) is 5.91 Å². The van der Waals surface area contributed by atoms with Crippen molar-refractivity contribution in [3.8, 4) is 0 Å². The van der Waals surface area contributed by atoms with Crippen LogP contribution in [0.2, 0.25) is 0 Å². The average molecular weight is 391 g/mol. The number of nitrogens with zero attached hydrogens (tertiary/aromatic N) is 1. The minimum atomic E-state index is 0.00775. The number of piperidine rings is 1. The fraction of sp³-hybridized carbons (Fsp3) is 0.500. The molecule has 1 fully saturated rings. The minimum Gasteiger partial charge on any atom is -0.346 e. The molecule has 0 radical (unpaired) electrons. The van der Waals surface area contributed by atoms with Gasteiger partial charge in [0, 0.05) is 18.7 Å². The van der Waals surface area contributed by atoms with Gasteiger partial charge in [0.15, 0.2) is 0 Å². The second kappa shape index (κ2) is 9.13. The zero-order valence-electron chi connectivity index (χ0n) is 17.9. The van der Waals surface area contributed by atoms with Gasteiger partial charge in [-0.3, -0.25) is 9.69 Å². The summed E-state index contributed by atoms with van der Waals surface area (Å²) in [5.74, 6) is 0.798. The normalized spacial score (nSPS) is 20.7. The van der Waals surface area contributed by atoms with E-state index in [0.29, 0.717) is 0 Å². The first-order valence-electron chi connectivity index (χ1n) is 11.3. The molecule has 0 saturated carbocycles. The molecule has 0 unspecified atom stereocenters. The topological polar surface area (TPSA) is 32.3 Å². The van der Waals surface area contributed by atoms with E-state index in [-0.39, 0.29) is 11.9 Å². The summed E-state index contributed by atoms with van der Waals surface area (Å²) in [5, 5.41) is 3.18. The molecule has 1 N–H and O–H groups in total. The third-order valence-electron chi connectivity index (χ3n) is 6.58. The van der Waals surface area contributed by atoms with Gasteiger partial charge < -0.3 is 5.32 Å². The van der Waals surface area contributed by atoms with Gasteiger partial charge in [-0.2, -0.15) is 0 Å². The molecule has 0 aromatic heterocycles. The third kappa shape index (κ3) is 5.08. The summed E-state index contributed by atoms with van der Waals surface area (Å²) in [6, 6.07) is 14.9. The SMILES string of the molecule is C[C@H]1CCCN(Cc2ccc(C(=O)N[C@@H](C)c3ccc4c(c3)CCCC4)cc2)C1. The van der Waals surface area contributed by atoms with E-state index in [9.17, 15) is 4.79 Å². The second-order valence-corrected chi connectivity index (χ2v) is 9.11. The van der Waals surface area contributed by atoms with Crippen LogP contribution in [0.1, 0.15) is 78.2 Å². The van der Waals surface area contributed by atoms with Crippen LogP contribution >= 0.6 is 0 Å². The molecule has 3 nitrogen and oxygen atoms in total. The molecule has 1 aliphatic carbocycles. The lowest BCUT2D eigenvalue weighted by Crippen LogP contribution is -2.33. The molecule has 1 saturated heterocycles. The molecule has 0 bridgehead atoms. The number of fused-ring (bicyclic) bond motifs is 1. The van der Waals surface area contributed by atoms with Crippen molar-refractivity contribution in [2.24, 2.45) is 5.92 Å². The van der Waals surface area contributed by atoms with E-state index in [4.69, 9.17) is 0 Å². The van der Waals surface area contributed by atoms with Crippen molar-refractivity contribution >= 4 is 5.91 Å². The summed E-state index contributed by atoms with van der Waals surface area (Å²) < 4.78 is 0. The Balaban J connectivity index is 1.35. The molecule has 29 heavy (non-hydrogen) atoms. The first-order valence-corrected chi connectivity index (χ1v) is 11.3. The molecule has 2 aromatic rings. The maximum Gasteiger partial charge on any atom is 0.251 e. The van der Waals surface area contributed by atoms with Crippen LogP contribution in [0.25, 0.3) is 0 Å². The van der Waals surface area contributed by atoms with Crippen LogP contribution in [0.3, 0.4) is 0 Å². The first-order chi connectivity index (χ1) is 14.1. The minimum absolute atomic E-state index is 0.00775. The molecule has 1 heterocycles. The van der Waals surface area contributed by atoms with Gasteiger partial charge in [-0.1, -0.05) is 37.3 Å². The predicted molar refractivity (Wildman–Crippen MR) is 119 cm³/mol. The summed E-state index contributed by atoms with van der Waals surface area (Å²) in [6.07, 6.45) is 7.58. The van der Waals surface area contributed by atoms with E-state index in [1.165, 1.54) is 73.9 Å². The van der Waals surface area contributed by atoms with Crippen LogP contribution in [0.15, 0.2) is 42.5 Å². The van der Waals surface area contributed by atoms with E-state index >= 15 is 0 Å². The lowest BCUT2D eigenvalue weighted by Gasteiger charge is -2.30. The first kappa shape index (κ1) is 20.2. The van der Waals surface area contributed by atoms with Crippen LogP contribution in [0.5, 0.6) is 0 Å².